The Balaban J connectivity index is 1.73. The topological polar surface area (TPSA) is 56.7 Å². The monoisotopic (exact) mass is 415 g/mol. The maximum Gasteiger partial charge on any atom is 0.162 e. The summed E-state index contributed by atoms with van der Waals surface area (Å²) in [6.07, 6.45) is 0. The number of hydrogen-bond donors (Lipinski definition) is 0. The van der Waals surface area contributed by atoms with Crippen molar-refractivity contribution in [2.24, 2.45) is 0 Å². The van der Waals surface area contributed by atoms with Gasteiger partial charge in [0.15, 0.2) is 11.5 Å². The van der Waals surface area contributed by atoms with Gasteiger partial charge in [-0.2, -0.15) is 0 Å². The molecule has 3 heterocycles. The Kier molecular flexibility index (Phi) is 5.08. The first-order valence-electron chi connectivity index (χ1n) is 10.4. The minimum Gasteiger partial charge on any atom is -0.493 e. The molecule has 0 unspecified atom stereocenters. The minimum atomic E-state index is 0.670. The average molecular weight is 415 g/mol. The highest BCUT2D eigenvalue weighted by molar-refractivity contribution is 5.92. The molecule has 31 heavy (non-hydrogen) atoms. The summed E-state index contributed by atoms with van der Waals surface area (Å²) in [5.41, 5.74) is 4.91. The number of fused-ring (bicyclic) bond motifs is 2. The van der Waals surface area contributed by atoms with E-state index in [1.54, 1.807) is 14.2 Å². The molecule has 1 fully saturated rings. The average Bonchev–Trinajstić information content (AvgIpc) is 2.82. The van der Waals surface area contributed by atoms with Gasteiger partial charge in [0.1, 0.15) is 5.82 Å². The molecule has 6 heteroatoms. The quantitative estimate of drug-likeness (QED) is 0.485. The fourth-order valence-corrected chi connectivity index (χ4v) is 4.17. The van der Waals surface area contributed by atoms with E-state index in [2.05, 4.69) is 36.1 Å². The zero-order chi connectivity index (χ0) is 21.4. The maximum atomic E-state index is 5.57. The number of aromatic nitrogens is 2. The zero-order valence-corrected chi connectivity index (χ0v) is 18.0. The van der Waals surface area contributed by atoms with E-state index in [1.165, 1.54) is 0 Å². The van der Waals surface area contributed by atoms with Crippen LogP contribution in [0.25, 0.3) is 33.1 Å². The molecule has 0 atom stereocenters. The molecule has 1 saturated heterocycles. The number of aryl methyl sites for hydroxylation is 1. The lowest BCUT2D eigenvalue weighted by atomic mass is 10.0. The first kappa shape index (κ1) is 19.6. The first-order chi connectivity index (χ1) is 15.2. The van der Waals surface area contributed by atoms with Gasteiger partial charge >= 0.3 is 0 Å². The van der Waals surface area contributed by atoms with Crippen LogP contribution in [0.15, 0.2) is 48.5 Å². The number of nitrogens with zero attached hydrogens (tertiary/aromatic N) is 3. The first-order valence-corrected chi connectivity index (χ1v) is 10.4. The predicted molar refractivity (Wildman–Crippen MR) is 123 cm³/mol. The highest BCUT2D eigenvalue weighted by atomic mass is 16.5. The number of hydrogen-bond acceptors (Lipinski definition) is 6. The smallest absolute Gasteiger partial charge is 0.162 e. The van der Waals surface area contributed by atoms with Gasteiger partial charge in [0.2, 0.25) is 0 Å². The molecule has 0 saturated carbocycles. The van der Waals surface area contributed by atoms with Crippen LogP contribution in [0.1, 0.15) is 5.56 Å². The third-order valence-electron chi connectivity index (χ3n) is 5.81. The van der Waals surface area contributed by atoms with Crippen LogP contribution in [0.2, 0.25) is 0 Å². The normalized spacial score (nSPS) is 14.2. The van der Waals surface area contributed by atoms with Crippen LogP contribution >= 0.6 is 0 Å². The summed E-state index contributed by atoms with van der Waals surface area (Å²) in [5, 5.41) is 2.14. The number of morpholine rings is 1. The van der Waals surface area contributed by atoms with E-state index in [0.717, 1.165) is 57.5 Å². The fraction of sp³-hybridized carbons (Fsp3) is 0.280. The van der Waals surface area contributed by atoms with Crippen molar-refractivity contribution in [3.8, 4) is 22.8 Å². The van der Waals surface area contributed by atoms with Crippen LogP contribution in [0.5, 0.6) is 11.5 Å². The number of pyridine rings is 2. The van der Waals surface area contributed by atoms with E-state index in [4.69, 9.17) is 24.2 Å². The molecule has 2 aromatic heterocycles. The molecule has 0 aliphatic carbocycles. The van der Waals surface area contributed by atoms with Crippen molar-refractivity contribution in [1.29, 1.82) is 0 Å². The summed E-state index contributed by atoms with van der Waals surface area (Å²) in [7, 11) is 3.29. The number of ether oxygens (including phenoxy) is 3. The van der Waals surface area contributed by atoms with Crippen LogP contribution in [-0.4, -0.2) is 50.5 Å². The third-order valence-corrected chi connectivity index (χ3v) is 5.81. The summed E-state index contributed by atoms with van der Waals surface area (Å²) >= 11 is 0. The molecule has 0 spiro atoms. The largest absolute Gasteiger partial charge is 0.493 e. The molecule has 0 N–H and O–H groups in total. The zero-order valence-electron chi connectivity index (χ0n) is 18.0. The van der Waals surface area contributed by atoms with Crippen molar-refractivity contribution in [3.63, 3.8) is 0 Å². The highest BCUT2D eigenvalue weighted by Gasteiger charge is 2.20. The molecule has 1 aliphatic heterocycles. The van der Waals surface area contributed by atoms with Gasteiger partial charge in [-0.3, -0.25) is 0 Å². The molecule has 158 valence electrons. The Morgan fingerprint density at radius 2 is 1.61 bits per heavy atom. The van der Waals surface area contributed by atoms with E-state index in [1.807, 2.05) is 24.3 Å². The van der Waals surface area contributed by atoms with Crippen LogP contribution in [-0.2, 0) is 4.74 Å². The van der Waals surface area contributed by atoms with Crippen LogP contribution in [0.4, 0.5) is 5.82 Å². The minimum absolute atomic E-state index is 0.670. The Morgan fingerprint density at radius 3 is 2.39 bits per heavy atom. The van der Waals surface area contributed by atoms with E-state index in [-0.39, 0.29) is 0 Å². The standard InChI is InChI=1S/C25H25N3O3/c1-16-12-21(26-22-15-24(30-3)23(29-2)14-18(16)22)19-13-17-6-4-5-7-20(17)27-25(19)28-8-10-31-11-9-28/h4-7,12-15H,8-11H2,1-3H3. The van der Waals surface area contributed by atoms with E-state index in [0.29, 0.717) is 24.7 Å². The fourth-order valence-electron chi connectivity index (χ4n) is 4.17. The van der Waals surface area contributed by atoms with E-state index in [9.17, 15) is 0 Å². The van der Waals surface area contributed by atoms with Crippen LogP contribution in [0.3, 0.4) is 0 Å². The van der Waals surface area contributed by atoms with Crippen LogP contribution < -0.4 is 14.4 Å². The molecular weight excluding hydrogens is 390 g/mol. The van der Waals surface area contributed by atoms with E-state index >= 15 is 0 Å². The Bertz CT molecular complexity index is 1270. The molecule has 5 rings (SSSR count). The summed E-state index contributed by atoms with van der Waals surface area (Å²) < 4.78 is 16.6. The Labute approximate surface area is 181 Å². The van der Waals surface area contributed by atoms with Crippen molar-refractivity contribution < 1.29 is 14.2 Å². The van der Waals surface area contributed by atoms with Gasteiger partial charge in [0.25, 0.3) is 0 Å². The molecule has 0 amide bonds. The summed E-state index contributed by atoms with van der Waals surface area (Å²) in [4.78, 5) is 12.3. The molecule has 1 aliphatic rings. The van der Waals surface area contributed by atoms with E-state index < -0.39 is 0 Å². The van der Waals surface area contributed by atoms with Gasteiger partial charge in [0.05, 0.1) is 44.2 Å². The number of para-hydroxylation sites is 1. The summed E-state index contributed by atoms with van der Waals surface area (Å²) in [6, 6.07) is 16.5. The molecule has 4 aromatic rings. The lowest BCUT2D eigenvalue weighted by Gasteiger charge is -2.29. The number of rotatable bonds is 4. The molecule has 6 nitrogen and oxygen atoms in total. The Hall–Kier alpha value is -3.38. The lowest BCUT2D eigenvalue weighted by molar-refractivity contribution is 0.122. The molecular formula is C25H25N3O3. The van der Waals surface area contributed by atoms with Gasteiger partial charge < -0.3 is 19.1 Å². The van der Waals surface area contributed by atoms with Gasteiger partial charge in [-0.15, -0.1) is 0 Å². The lowest BCUT2D eigenvalue weighted by Crippen LogP contribution is -2.37. The predicted octanol–water partition coefficient (Wildman–Crippen LogP) is 4.61. The molecule has 0 bridgehead atoms. The summed E-state index contributed by atoms with van der Waals surface area (Å²) in [6.45, 7) is 5.14. The third kappa shape index (κ3) is 3.53. The molecule has 0 radical (unpaired) electrons. The van der Waals surface area contributed by atoms with Gasteiger partial charge in [-0.05, 0) is 36.8 Å². The van der Waals surface area contributed by atoms with Gasteiger partial charge in [-0.1, -0.05) is 18.2 Å². The Morgan fingerprint density at radius 1 is 0.871 bits per heavy atom. The maximum absolute atomic E-state index is 5.57. The van der Waals surface area contributed by atoms with Crippen molar-refractivity contribution in [2.75, 3.05) is 45.4 Å². The summed E-state index contributed by atoms with van der Waals surface area (Å²) in [5.74, 6) is 2.33. The molecule has 2 aromatic carbocycles. The van der Waals surface area contributed by atoms with Crippen LogP contribution in [0, 0.1) is 6.92 Å². The highest BCUT2D eigenvalue weighted by Crippen LogP contribution is 2.37. The number of anilines is 1. The number of methoxy groups -OCH3 is 2. The second kappa shape index (κ2) is 8.04. The van der Waals surface area contributed by atoms with Crippen molar-refractivity contribution in [3.05, 3.63) is 54.1 Å². The SMILES string of the molecule is COc1cc2nc(-c3cc4ccccc4nc3N3CCOCC3)cc(C)c2cc1OC. The van der Waals surface area contributed by atoms with Crippen molar-refractivity contribution >= 4 is 27.6 Å². The van der Waals surface area contributed by atoms with Gasteiger partial charge in [0, 0.05) is 35.5 Å². The van der Waals surface area contributed by atoms with Gasteiger partial charge in [-0.25, -0.2) is 9.97 Å². The second-order valence-corrected chi connectivity index (χ2v) is 7.70. The second-order valence-electron chi connectivity index (χ2n) is 7.70. The number of benzene rings is 2. The van der Waals surface area contributed by atoms with Crippen molar-refractivity contribution in [1.82, 2.24) is 9.97 Å². The van der Waals surface area contributed by atoms with Crippen molar-refractivity contribution in [2.45, 2.75) is 6.92 Å².